The number of allylic oxidation sites excluding steroid dienone is 1. The average molecular weight is 463 g/mol. The molecule has 0 radical (unpaired) electrons. The molecule has 0 spiro atoms. The van der Waals surface area contributed by atoms with Crippen LogP contribution in [0.5, 0.6) is 0 Å². The summed E-state index contributed by atoms with van der Waals surface area (Å²) < 4.78 is 4.97. The number of hydrogen-bond acceptors (Lipinski definition) is 7. The Morgan fingerprint density at radius 1 is 1.12 bits per heavy atom. The molecule has 0 saturated heterocycles. The average Bonchev–Trinajstić information content (AvgIpc) is 3.02. The number of aliphatic hydroxyl groups excluding tert-OH is 1. The third kappa shape index (κ3) is 3.75. The number of hydrogen-bond donors (Lipinski definition) is 3. The van der Waals surface area contributed by atoms with E-state index in [1.165, 1.54) is 0 Å². The van der Waals surface area contributed by atoms with Crippen LogP contribution < -0.4 is 0 Å². The van der Waals surface area contributed by atoms with E-state index in [1.54, 1.807) is 6.08 Å². The summed E-state index contributed by atoms with van der Waals surface area (Å²) in [6, 6.07) is 0. The maximum absolute atomic E-state index is 13.1. The highest BCUT2D eigenvalue weighted by Crippen LogP contribution is 2.67. The summed E-state index contributed by atoms with van der Waals surface area (Å²) in [5, 5.41) is 31.6. The summed E-state index contributed by atoms with van der Waals surface area (Å²) in [4.78, 5) is 47.5. The SMILES string of the molecule is C[C@]12CCC(=O)C=C1CC[C@H]1[C@H]2[C@H](O)C[C@]2(C)[C@@H]1CC[C@@]2(O)C(=O)COC(=O)CCC(=O)O. The second-order valence-corrected chi connectivity index (χ2v) is 11.0. The molecule has 8 nitrogen and oxygen atoms in total. The van der Waals surface area contributed by atoms with Crippen LogP contribution in [0.1, 0.15) is 71.6 Å². The van der Waals surface area contributed by atoms with E-state index in [2.05, 4.69) is 6.92 Å². The van der Waals surface area contributed by atoms with Crippen LogP contribution in [0.4, 0.5) is 0 Å². The van der Waals surface area contributed by atoms with Crippen molar-refractivity contribution in [2.24, 2.45) is 28.6 Å². The Hall–Kier alpha value is -2.06. The molecule has 4 rings (SSSR count). The largest absolute Gasteiger partial charge is 0.481 e. The van der Waals surface area contributed by atoms with Crippen LogP contribution in [0.25, 0.3) is 0 Å². The molecular weight excluding hydrogens is 428 g/mol. The van der Waals surface area contributed by atoms with E-state index in [4.69, 9.17) is 9.84 Å². The number of carboxylic acids is 1. The fourth-order valence-electron chi connectivity index (χ4n) is 7.70. The molecule has 0 aromatic heterocycles. The van der Waals surface area contributed by atoms with Crippen molar-refractivity contribution >= 4 is 23.5 Å². The molecule has 3 fully saturated rings. The van der Waals surface area contributed by atoms with E-state index in [9.17, 15) is 29.4 Å². The van der Waals surface area contributed by atoms with Crippen molar-refractivity contribution in [3.8, 4) is 0 Å². The smallest absolute Gasteiger partial charge is 0.306 e. The number of carboxylic acid groups (broad SMARTS) is 1. The fraction of sp³-hybridized carbons (Fsp3) is 0.760. The van der Waals surface area contributed by atoms with Crippen molar-refractivity contribution < 1.29 is 39.2 Å². The van der Waals surface area contributed by atoms with Gasteiger partial charge in [-0.2, -0.15) is 0 Å². The molecule has 0 unspecified atom stereocenters. The van der Waals surface area contributed by atoms with Gasteiger partial charge in [0, 0.05) is 11.8 Å². The lowest BCUT2D eigenvalue weighted by Gasteiger charge is -2.60. The Bertz CT molecular complexity index is 908. The molecular formula is C25H34O8. The van der Waals surface area contributed by atoms with Gasteiger partial charge in [-0.3, -0.25) is 19.2 Å². The minimum absolute atomic E-state index is 0.0185. The molecule has 0 aromatic carbocycles. The maximum atomic E-state index is 13.1. The van der Waals surface area contributed by atoms with Gasteiger partial charge in [0.1, 0.15) is 5.60 Å². The van der Waals surface area contributed by atoms with Crippen LogP contribution in [0.15, 0.2) is 11.6 Å². The molecule has 3 saturated carbocycles. The number of rotatable bonds is 6. The predicted molar refractivity (Wildman–Crippen MR) is 116 cm³/mol. The number of ether oxygens (including phenoxy) is 1. The van der Waals surface area contributed by atoms with Crippen molar-refractivity contribution in [1.82, 2.24) is 0 Å². The Morgan fingerprint density at radius 3 is 2.55 bits per heavy atom. The van der Waals surface area contributed by atoms with Crippen molar-refractivity contribution in [3.63, 3.8) is 0 Å². The van der Waals surface area contributed by atoms with Gasteiger partial charge in [0.15, 0.2) is 12.4 Å². The maximum Gasteiger partial charge on any atom is 0.306 e. The number of ketones is 2. The quantitative estimate of drug-likeness (QED) is 0.511. The summed E-state index contributed by atoms with van der Waals surface area (Å²) >= 11 is 0. The first-order valence-electron chi connectivity index (χ1n) is 12.0. The number of Topliss-reactive ketones (excluding diaryl/α,β-unsaturated/α-hetero) is 1. The van der Waals surface area contributed by atoms with Crippen LogP contribution in [0.2, 0.25) is 0 Å². The number of aliphatic hydroxyl groups is 2. The molecule has 8 heteroatoms. The first-order chi connectivity index (χ1) is 15.4. The molecule has 33 heavy (non-hydrogen) atoms. The minimum Gasteiger partial charge on any atom is -0.481 e. The summed E-state index contributed by atoms with van der Waals surface area (Å²) in [5.41, 5.74) is -1.68. The first kappa shape index (κ1) is 24.1. The Morgan fingerprint density at radius 2 is 1.85 bits per heavy atom. The summed E-state index contributed by atoms with van der Waals surface area (Å²) in [6.07, 6.45) is 4.30. The molecule has 7 atom stereocenters. The van der Waals surface area contributed by atoms with E-state index >= 15 is 0 Å². The van der Waals surface area contributed by atoms with E-state index in [1.807, 2.05) is 6.92 Å². The zero-order valence-electron chi connectivity index (χ0n) is 19.3. The van der Waals surface area contributed by atoms with Crippen molar-refractivity contribution in [2.75, 3.05) is 6.61 Å². The second-order valence-electron chi connectivity index (χ2n) is 11.0. The van der Waals surface area contributed by atoms with Gasteiger partial charge in [-0.15, -0.1) is 0 Å². The van der Waals surface area contributed by atoms with Crippen LogP contribution in [-0.4, -0.2) is 57.1 Å². The van der Waals surface area contributed by atoms with Crippen molar-refractivity contribution in [1.29, 1.82) is 0 Å². The lowest BCUT2D eigenvalue weighted by Crippen LogP contribution is -2.62. The zero-order valence-corrected chi connectivity index (χ0v) is 19.3. The Balaban J connectivity index is 1.53. The van der Waals surface area contributed by atoms with Crippen molar-refractivity contribution in [2.45, 2.75) is 83.3 Å². The van der Waals surface area contributed by atoms with Gasteiger partial charge >= 0.3 is 11.9 Å². The Labute approximate surface area is 193 Å². The van der Waals surface area contributed by atoms with Gasteiger partial charge in [0.05, 0.1) is 18.9 Å². The molecule has 3 N–H and O–H groups in total. The normalized spacial score (nSPS) is 41.9. The molecule has 0 bridgehead atoms. The number of fused-ring (bicyclic) bond motifs is 5. The van der Waals surface area contributed by atoms with Gasteiger partial charge in [-0.05, 0) is 67.8 Å². The zero-order chi connectivity index (χ0) is 24.2. The summed E-state index contributed by atoms with van der Waals surface area (Å²) in [6.45, 7) is 3.41. The lowest BCUT2D eigenvalue weighted by molar-refractivity contribution is -0.184. The molecule has 182 valence electrons. The predicted octanol–water partition coefficient (Wildman–Crippen LogP) is 2.20. The van der Waals surface area contributed by atoms with Crippen LogP contribution >= 0.6 is 0 Å². The number of carbonyl (C=O) groups excluding carboxylic acids is 3. The first-order valence-corrected chi connectivity index (χ1v) is 12.0. The third-order valence-electron chi connectivity index (χ3n) is 9.42. The van der Waals surface area contributed by atoms with Gasteiger partial charge in [-0.1, -0.05) is 19.4 Å². The highest BCUT2D eigenvalue weighted by molar-refractivity contribution is 5.92. The van der Waals surface area contributed by atoms with Gasteiger partial charge in [0.25, 0.3) is 0 Å². The fourth-order valence-corrected chi connectivity index (χ4v) is 7.70. The second kappa shape index (κ2) is 8.31. The number of aliphatic carboxylic acids is 1. The van der Waals surface area contributed by atoms with E-state index in [-0.39, 0.29) is 54.6 Å². The highest BCUT2D eigenvalue weighted by atomic mass is 16.5. The third-order valence-corrected chi connectivity index (χ3v) is 9.42. The minimum atomic E-state index is -1.71. The molecule has 0 aromatic rings. The van der Waals surface area contributed by atoms with Crippen molar-refractivity contribution in [3.05, 3.63) is 11.6 Å². The number of esters is 1. The molecule has 0 amide bonds. The monoisotopic (exact) mass is 462 g/mol. The standard InChI is InChI=1S/C25H34O8/c1-23-9-7-15(26)11-14(23)3-4-16-17-8-10-25(32,24(17,2)12-18(27)22(16)23)19(28)13-33-21(31)6-5-20(29)30/h11,16-18,22,27,32H,3-10,12-13H2,1-2H3,(H,29,30)/t16-,17-,18-,22+,23+,24-,25-/m1/s1. The van der Waals surface area contributed by atoms with Gasteiger partial charge < -0.3 is 20.1 Å². The van der Waals surface area contributed by atoms with Crippen LogP contribution in [-0.2, 0) is 23.9 Å². The van der Waals surface area contributed by atoms with Gasteiger partial charge in [0.2, 0.25) is 5.78 Å². The number of carbonyl (C=O) groups is 4. The van der Waals surface area contributed by atoms with E-state index < -0.39 is 41.4 Å². The van der Waals surface area contributed by atoms with E-state index in [0.29, 0.717) is 12.8 Å². The van der Waals surface area contributed by atoms with E-state index in [0.717, 1.165) is 24.8 Å². The highest BCUT2D eigenvalue weighted by Gasteiger charge is 2.68. The topological polar surface area (TPSA) is 138 Å². The van der Waals surface area contributed by atoms with Crippen LogP contribution in [0.3, 0.4) is 0 Å². The molecule has 4 aliphatic carbocycles. The van der Waals surface area contributed by atoms with Crippen LogP contribution in [0, 0.1) is 28.6 Å². The summed E-state index contributed by atoms with van der Waals surface area (Å²) in [5.74, 6) is -2.20. The Kier molecular flexibility index (Phi) is 6.06. The molecule has 0 heterocycles. The van der Waals surface area contributed by atoms with Gasteiger partial charge in [-0.25, -0.2) is 0 Å². The summed E-state index contributed by atoms with van der Waals surface area (Å²) in [7, 11) is 0. The molecule has 4 aliphatic rings. The lowest BCUT2D eigenvalue weighted by atomic mass is 9.45. The molecule has 0 aliphatic heterocycles.